The summed E-state index contributed by atoms with van der Waals surface area (Å²) in [5.41, 5.74) is 7.23. The molecule has 4 heteroatoms. The molecular formula is C14H19NO2S. The van der Waals surface area contributed by atoms with Gasteiger partial charge in [0.15, 0.2) is 0 Å². The molecule has 18 heavy (non-hydrogen) atoms. The van der Waals surface area contributed by atoms with Gasteiger partial charge in [0, 0.05) is 17.1 Å². The normalized spacial score (nSPS) is 23.6. The summed E-state index contributed by atoms with van der Waals surface area (Å²) in [4.78, 5) is 12.5. The lowest BCUT2D eigenvalue weighted by Crippen LogP contribution is -2.50. The number of carboxylic acids is 1. The third-order valence-electron chi connectivity index (χ3n) is 3.49. The summed E-state index contributed by atoms with van der Waals surface area (Å²) in [6, 6.07) is 6.34. The quantitative estimate of drug-likeness (QED) is 0.863. The third-order valence-corrected chi connectivity index (χ3v) is 4.61. The van der Waals surface area contributed by atoms with Gasteiger partial charge in [-0.25, -0.2) is 0 Å². The van der Waals surface area contributed by atoms with Gasteiger partial charge in [-0.2, -0.15) is 0 Å². The number of thioether (sulfide) groups is 1. The Morgan fingerprint density at radius 1 is 1.50 bits per heavy atom. The molecule has 0 aliphatic carbocycles. The smallest absolute Gasteiger partial charge is 0.324 e. The Labute approximate surface area is 112 Å². The van der Waals surface area contributed by atoms with Gasteiger partial charge in [-0.3, -0.25) is 4.79 Å². The van der Waals surface area contributed by atoms with Crippen LogP contribution in [-0.2, 0) is 11.2 Å². The van der Waals surface area contributed by atoms with Crippen LogP contribution in [-0.4, -0.2) is 22.4 Å². The lowest BCUT2D eigenvalue weighted by Gasteiger charge is -2.22. The number of fused-ring (bicyclic) bond motifs is 1. The van der Waals surface area contributed by atoms with Crippen molar-refractivity contribution in [3.63, 3.8) is 0 Å². The fraction of sp³-hybridized carbons (Fsp3) is 0.500. The van der Waals surface area contributed by atoms with Crippen molar-refractivity contribution in [3.8, 4) is 0 Å². The van der Waals surface area contributed by atoms with Crippen molar-refractivity contribution in [1.29, 1.82) is 0 Å². The van der Waals surface area contributed by atoms with Crippen LogP contribution in [0.4, 0.5) is 0 Å². The van der Waals surface area contributed by atoms with E-state index < -0.39 is 11.5 Å². The molecule has 1 aromatic rings. The molecule has 0 fully saturated rings. The van der Waals surface area contributed by atoms with E-state index in [1.54, 1.807) is 11.8 Å². The lowest BCUT2D eigenvalue weighted by atomic mass is 9.88. The highest BCUT2D eigenvalue weighted by Crippen LogP contribution is 2.34. The standard InChI is InChI=1S/C14H19NO2S/c1-9(2)10-3-4-12-11(7-10)8-14(15,13(16)17)5-6-18-12/h3-4,7,9H,5-6,8,15H2,1-2H3,(H,16,17). The molecule has 0 aromatic heterocycles. The number of rotatable bonds is 2. The van der Waals surface area contributed by atoms with Gasteiger partial charge in [0.1, 0.15) is 5.54 Å². The van der Waals surface area contributed by atoms with E-state index in [4.69, 9.17) is 5.73 Å². The molecule has 0 saturated heterocycles. The predicted octanol–water partition coefficient (Wildman–Crippen LogP) is 2.63. The molecule has 2 rings (SSSR count). The minimum Gasteiger partial charge on any atom is -0.480 e. The maximum Gasteiger partial charge on any atom is 0.324 e. The molecule has 0 saturated carbocycles. The van der Waals surface area contributed by atoms with Crippen LogP contribution >= 0.6 is 11.8 Å². The molecule has 1 aromatic carbocycles. The van der Waals surface area contributed by atoms with Gasteiger partial charge in [0.05, 0.1) is 0 Å². The van der Waals surface area contributed by atoms with E-state index in [0.29, 0.717) is 18.8 Å². The number of carboxylic acid groups (broad SMARTS) is 1. The first-order valence-corrected chi connectivity index (χ1v) is 7.19. The Morgan fingerprint density at radius 2 is 2.22 bits per heavy atom. The third kappa shape index (κ3) is 2.54. The van der Waals surface area contributed by atoms with E-state index >= 15 is 0 Å². The van der Waals surface area contributed by atoms with Crippen molar-refractivity contribution in [2.24, 2.45) is 5.73 Å². The van der Waals surface area contributed by atoms with Gasteiger partial charge in [-0.15, -0.1) is 11.8 Å². The summed E-state index contributed by atoms with van der Waals surface area (Å²) in [6.45, 7) is 4.27. The van der Waals surface area contributed by atoms with E-state index in [0.717, 1.165) is 11.3 Å². The summed E-state index contributed by atoms with van der Waals surface area (Å²) in [7, 11) is 0. The predicted molar refractivity (Wildman–Crippen MR) is 74.1 cm³/mol. The Hall–Kier alpha value is -1.00. The van der Waals surface area contributed by atoms with Gasteiger partial charge in [0.25, 0.3) is 0 Å². The largest absolute Gasteiger partial charge is 0.480 e. The van der Waals surface area contributed by atoms with Crippen molar-refractivity contribution in [3.05, 3.63) is 29.3 Å². The van der Waals surface area contributed by atoms with Crippen molar-refractivity contribution >= 4 is 17.7 Å². The molecule has 1 aliphatic rings. The average Bonchev–Trinajstić information content (AvgIpc) is 2.47. The topological polar surface area (TPSA) is 63.3 Å². The number of carbonyl (C=O) groups is 1. The van der Waals surface area contributed by atoms with E-state index in [-0.39, 0.29) is 0 Å². The lowest BCUT2D eigenvalue weighted by molar-refractivity contribution is -0.143. The van der Waals surface area contributed by atoms with Gasteiger partial charge in [-0.1, -0.05) is 26.0 Å². The van der Waals surface area contributed by atoms with E-state index in [1.807, 2.05) is 0 Å². The summed E-state index contributed by atoms with van der Waals surface area (Å²) < 4.78 is 0. The highest BCUT2D eigenvalue weighted by atomic mass is 32.2. The molecule has 0 spiro atoms. The molecular weight excluding hydrogens is 246 g/mol. The summed E-state index contributed by atoms with van der Waals surface area (Å²) in [6.07, 6.45) is 0.934. The highest BCUT2D eigenvalue weighted by molar-refractivity contribution is 7.99. The molecule has 1 aliphatic heterocycles. The van der Waals surface area contributed by atoms with Gasteiger partial charge in [0.2, 0.25) is 0 Å². The minimum absolute atomic E-state index is 0.422. The molecule has 1 unspecified atom stereocenters. The Kier molecular flexibility index (Phi) is 3.69. The SMILES string of the molecule is CC(C)c1ccc2c(c1)CC(N)(C(=O)O)CCS2. The fourth-order valence-corrected chi connectivity index (χ4v) is 3.36. The van der Waals surface area contributed by atoms with Crippen LogP contribution in [0.3, 0.4) is 0 Å². The summed E-state index contributed by atoms with van der Waals surface area (Å²) >= 11 is 1.71. The van der Waals surface area contributed by atoms with Gasteiger partial charge in [-0.05, 0) is 29.5 Å². The Balaban J connectivity index is 2.39. The molecule has 0 radical (unpaired) electrons. The number of aliphatic carboxylic acids is 1. The second-order valence-corrected chi connectivity index (χ2v) is 6.40. The monoisotopic (exact) mass is 265 g/mol. The second-order valence-electron chi connectivity index (χ2n) is 5.26. The molecule has 1 atom stereocenters. The van der Waals surface area contributed by atoms with Crippen LogP contribution in [0, 0.1) is 0 Å². The number of hydrogen-bond donors (Lipinski definition) is 2. The highest BCUT2D eigenvalue weighted by Gasteiger charge is 2.36. The van der Waals surface area contributed by atoms with E-state index in [2.05, 4.69) is 32.0 Å². The van der Waals surface area contributed by atoms with Crippen molar-refractivity contribution in [1.82, 2.24) is 0 Å². The molecule has 1 heterocycles. The van der Waals surface area contributed by atoms with Gasteiger partial charge >= 0.3 is 5.97 Å². The zero-order valence-electron chi connectivity index (χ0n) is 10.8. The zero-order valence-corrected chi connectivity index (χ0v) is 11.6. The molecule has 0 bridgehead atoms. The molecule has 3 nitrogen and oxygen atoms in total. The number of hydrogen-bond acceptors (Lipinski definition) is 3. The van der Waals surface area contributed by atoms with Gasteiger partial charge < -0.3 is 10.8 Å². The molecule has 98 valence electrons. The second kappa shape index (κ2) is 4.94. The van der Waals surface area contributed by atoms with E-state index in [1.165, 1.54) is 10.5 Å². The molecule has 3 N–H and O–H groups in total. The number of nitrogens with two attached hydrogens (primary N) is 1. The van der Waals surface area contributed by atoms with Crippen LogP contribution in [0.5, 0.6) is 0 Å². The average molecular weight is 265 g/mol. The van der Waals surface area contributed by atoms with Crippen LogP contribution in [0.1, 0.15) is 37.3 Å². The van der Waals surface area contributed by atoms with Crippen LogP contribution in [0.25, 0.3) is 0 Å². The fourth-order valence-electron chi connectivity index (χ4n) is 2.19. The Morgan fingerprint density at radius 3 is 2.83 bits per heavy atom. The zero-order chi connectivity index (χ0) is 13.3. The van der Waals surface area contributed by atoms with Crippen molar-refractivity contribution in [2.75, 3.05) is 5.75 Å². The summed E-state index contributed by atoms with van der Waals surface area (Å²) in [5, 5.41) is 9.29. The van der Waals surface area contributed by atoms with Crippen molar-refractivity contribution in [2.45, 2.75) is 43.0 Å². The maximum atomic E-state index is 11.3. The first-order chi connectivity index (χ1) is 8.42. The first kappa shape index (κ1) is 13.4. The van der Waals surface area contributed by atoms with Crippen LogP contribution in [0.2, 0.25) is 0 Å². The van der Waals surface area contributed by atoms with Crippen LogP contribution in [0.15, 0.2) is 23.1 Å². The van der Waals surface area contributed by atoms with Crippen molar-refractivity contribution < 1.29 is 9.90 Å². The van der Waals surface area contributed by atoms with E-state index in [9.17, 15) is 9.90 Å². The number of benzene rings is 1. The molecule has 0 amide bonds. The summed E-state index contributed by atoms with van der Waals surface area (Å²) in [5.74, 6) is 0.308. The maximum absolute atomic E-state index is 11.3. The Bertz CT molecular complexity index is 473. The minimum atomic E-state index is -1.12. The first-order valence-electron chi connectivity index (χ1n) is 6.20. The van der Waals surface area contributed by atoms with Crippen LogP contribution < -0.4 is 5.73 Å².